The lowest BCUT2D eigenvalue weighted by molar-refractivity contribution is 0.108. The Balaban J connectivity index is 0. The van der Waals surface area contributed by atoms with Gasteiger partial charge in [-0.05, 0) is 25.8 Å². The number of nitrogens with zero attached hydrogens (tertiary/aromatic N) is 2. The zero-order valence-corrected chi connectivity index (χ0v) is 17.9. The van der Waals surface area contributed by atoms with Crippen LogP contribution in [0.1, 0.15) is 26.7 Å². The van der Waals surface area contributed by atoms with E-state index in [1.165, 1.54) is 0 Å². The van der Waals surface area contributed by atoms with Crippen molar-refractivity contribution in [3.63, 3.8) is 0 Å². The van der Waals surface area contributed by atoms with Gasteiger partial charge in [0.15, 0.2) is 5.96 Å². The van der Waals surface area contributed by atoms with Gasteiger partial charge >= 0.3 is 0 Å². The van der Waals surface area contributed by atoms with Gasteiger partial charge in [-0.25, -0.2) is 0 Å². The fourth-order valence-electron chi connectivity index (χ4n) is 1.88. The van der Waals surface area contributed by atoms with Gasteiger partial charge in [-0.2, -0.15) is 0 Å². The van der Waals surface area contributed by atoms with Crippen LogP contribution < -0.4 is 10.6 Å². The van der Waals surface area contributed by atoms with Crippen LogP contribution in [0.2, 0.25) is 0 Å². The normalized spacial score (nSPS) is 11.7. The number of ether oxygens (including phenoxy) is 2. The minimum Gasteiger partial charge on any atom is -0.385 e. The number of hydrogen-bond acceptors (Lipinski definition) is 4. The highest BCUT2D eigenvalue weighted by molar-refractivity contribution is 14.0. The quantitative estimate of drug-likeness (QED) is 0.196. The van der Waals surface area contributed by atoms with Crippen molar-refractivity contribution in [3.8, 4) is 0 Å². The first-order chi connectivity index (χ1) is 10.6. The largest absolute Gasteiger partial charge is 0.385 e. The predicted octanol–water partition coefficient (Wildman–Crippen LogP) is 1.80. The van der Waals surface area contributed by atoms with Crippen LogP contribution in [0.4, 0.5) is 0 Å². The van der Waals surface area contributed by atoms with Gasteiger partial charge in [-0.15, -0.1) is 24.0 Å². The number of rotatable bonds is 13. The first-order valence-corrected chi connectivity index (χ1v) is 8.29. The lowest BCUT2D eigenvalue weighted by Crippen LogP contribution is -2.41. The van der Waals surface area contributed by atoms with E-state index in [2.05, 4.69) is 41.4 Å². The highest BCUT2D eigenvalue weighted by Crippen LogP contribution is 1.92. The molecule has 0 atom stereocenters. The summed E-state index contributed by atoms with van der Waals surface area (Å²) in [7, 11) is 5.66. The average molecular weight is 444 g/mol. The zero-order valence-electron chi connectivity index (χ0n) is 15.6. The number of hydrogen-bond donors (Lipinski definition) is 2. The Labute approximate surface area is 159 Å². The van der Waals surface area contributed by atoms with Gasteiger partial charge in [0, 0.05) is 60.2 Å². The summed E-state index contributed by atoms with van der Waals surface area (Å²) < 4.78 is 10.6. The predicted molar refractivity (Wildman–Crippen MR) is 109 cm³/mol. The van der Waals surface area contributed by atoms with Crippen molar-refractivity contribution in [2.24, 2.45) is 10.9 Å². The number of likely N-dealkylation sites (N-methyl/N-ethyl adjacent to an activating group) is 1. The number of nitrogens with one attached hydrogen (secondary N) is 2. The van der Waals surface area contributed by atoms with E-state index in [4.69, 9.17) is 9.47 Å². The van der Waals surface area contributed by atoms with Crippen LogP contribution in [-0.2, 0) is 9.47 Å². The molecular weight excluding hydrogens is 407 g/mol. The third kappa shape index (κ3) is 18.1. The molecule has 0 aliphatic rings. The van der Waals surface area contributed by atoms with Crippen LogP contribution in [0.3, 0.4) is 0 Å². The molecule has 7 heteroatoms. The Morgan fingerprint density at radius 1 is 1.09 bits per heavy atom. The molecule has 140 valence electrons. The number of aliphatic imine (C=N–C) groups is 1. The molecule has 0 unspecified atom stereocenters. The smallest absolute Gasteiger partial charge is 0.191 e. The summed E-state index contributed by atoms with van der Waals surface area (Å²) in [5.41, 5.74) is 0. The molecule has 23 heavy (non-hydrogen) atoms. The van der Waals surface area contributed by atoms with E-state index in [9.17, 15) is 0 Å². The molecule has 6 nitrogen and oxygen atoms in total. The van der Waals surface area contributed by atoms with Crippen molar-refractivity contribution in [1.29, 1.82) is 0 Å². The van der Waals surface area contributed by atoms with Gasteiger partial charge in [-0.1, -0.05) is 13.8 Å². The first kappa shape index (κ1) is 25.1. The van der Waals surface area contributed by atoms with Crippen LogP contribution in [0.5, 0.6) is 0 Å². The van der Waals surface area contributed by atoms with Gasteiger partial charge in [0.05, 0.1) is 0 Å². The van der Waals surface area contributed by atoms with Crippen LogP contribution in [0.25, 0.3) is 0 Å². The van der Waals surface area contributed by atoms with E-state index in [0.717, 1.165) is 64.8 Å². The second-order valence-corrected chi connectivity index (χ2v) is 5.90. The maximum Gasteiger partial charge on any atom is 0.191 e. The third-order valence-corrected chi connectivity index (χ3v) is 3.11. The van der Waals surface area contributed by atoms with Gasteiger partial charge in [0.1, 0.15) is 0 Å². The number of guanidine groups is 1. The molecule has 0 aliphatic carbocycles. The van der Waals surface area contributed by atoms with Crippen molar-refractivity contribution in [2.75, 3.05) is 67.2 Å². The number of halogens is 1. The molecule has 0 saturated carbocycles. The second-order valence-electron chi connectivity index (χ2n) is 5.90. The fourth-order valence-corrected chi connectivity index (χ4v) is 1.88. The molecule has 0 aromatic rings. The summed E-state index contributed by atoms with van der Waals surface area (Å²) in [5, 5.41) is 6.63. The Morgan fingerprint density at radius 3 is 2.39 bits per heavy atom. The third-order valence-electron chi connectivity index (χ3n) is 3.11. The molecule has 0 fully saturated rings. The maximum atomic E-state index is 5.55. The van der Waals surface area contributed by atoms with Crippen LogP contribution >= 0.6 is 24.0 Å². The Bertz CT molecular complexity index is 279. The zero-order chi connectivity index (χ0) is 16.6. The highest BCUT2D eigenvalue weighted by atomic mass is 127. The molecule has 0 aliphatic heterocycles. The minimum absolute atomic E-state index is 0. The summed E-state index contributed by atoms with van der Waals surface area (Å²) in [6.45, 7) is 10.6. The van der Waals surface area contributed by atoms with E-state index in [1.54, 1.807) is 14.2 Å². The molecule has 2 N–H and O–H groups in total. The summed E-state index contributed by atoms with van der Waals surface area (Å²) in [6.07, 6.45) is 2.06. The molecule has 0 rings (SSSR count). The topological polar surface area (TPSA) is 58.1 Å². The van der Waals surface area contributed by atoms with Crippen LogP contribution in [0.15, 0.2) is 4.99 Å². The molecule has 0 radical (unpaired) electrons. The molecule has 0 bridgehead atoms. The van der Waals surface area contributed by atoms with Gasteiger partial charge in [0.2, 0.25) is 0 Å². The average Bonchev–Trinajstić information content (AvgIpc) is 2.48. The molecule has 0 spiro atoms. The molecular formula is C16H37IN4O2. The summed E-state index contributed by atoms with van der Waals surface area (Å²) in [6, 6.07) is 0. The minimum atomic E-state index is 0. The molecule has 0 saturated heterocycles. The highest BCUT2D eigenvalue weighted by Gasteiger charge is 2.00. The van der Waals surface area contributed by atoms with Crippen molar-refractivity contribution in [3.05, 3.63) is 0 Å². The van der Waals surface area contributed by atoms with E-state index >= 15 is 0 Å². The summed E-state index contributed by atoms with van der Waals surface area (Å²) >= 11 is 0. The van der Waals surface area contributed by atoms with E-state index in [0.29, 0.717) is 5.92 Å². The maximum absolute atomic E-state index is 5.55. The standard InChI is InChI=1S/C16H36N4O2.HI/c1-15(2)14-22-13-6-8-18-16(17-3)19-9-11-20(4)10-7-12-21-5;/h15H,6-14H2,1-5H3,(H2,17,18,19);1H. The van der Waals surface area contributed by atoms with Crippen molar-refractivity contribution in [1.82, 2.24) is 15.5 Å². The summed E-state index contributed by atoms with van der Waals surface area (Å²) in [4.78, 5) is 6.51. The molecule has 0 aromatic carbocycles. The molecule has 0 amide bonds. The lowest BCUT2D eigenvalue weighted by atomic mass is 10.2. The Kier molecular flexibility index (Phi) is 19.9. The molecule has 0 aromatic heterocycles. The van der Waals surface area contributed by atoms with E-state index < -0.39 is 0 Å². The number of methoxy groups -OCH3 is 1. The van der Waals surface area contributed by atoms with Crippen molar-refractivity contribution < 1.29 is 9.47 Å². The summed E-state index contributed by atoms with van der Waals surface area (Å²) in [5.74, 6) is 1.46. The van der Waals surface area contributed by atoms with Gasteiger partial charge < -0.3 is 25.0 Å². The van der Waals surface area contributed by atoms with Crippen molar-refractivity contribution in [2.45, 2.75) is 26.7 Å². The van der Waals surface area contributed by atoms with Gasteiger partial charge in [-0.3, -0.25) is 4.99 Å². The van der Waals surface area contributed by atoms with Crippen LogP contribution in [0, 0.1) is 5.92 Å². The van der Waals surface area contributed by atoms with E-state index in [1.807, 2.05) is 0 Å². The van der Waals surface area contributed by atoms with Crippen LogP contribution in [-0.4, -0.2) is 78.1 Å². The molecule has 0 heterocycles. The Morgan fingerprint density at radius 2 is 1.78 bits per heavy atom. The SMILES string of the molecule is CN=C(NCCCOCC(C)C)NCCN(C)CCCOC.I. The fraction of sp³-hybridized carbons (Fsp3) is 0.938. The van der Waals surface area contributed by atoms with Crippen molar-refractivity contribution >= 4 is 29.9 Å². The first-order valence-electron chi connectivity index (χ1n) is 8.29. The lowest BCUT2D eigenvalue weighted by Gasteiger charge is -2.18. The Hall–Kier alpha value is -0.120. The second kappa shape index (κ2) is 18.2. The monoisotopic (exact) mass is 444 g/mol. The van der Waals surface area contributed by atoms with E-state index in [-0.39, 0.29) is 24.0 Å². The van der Waals surface area contributed by atoms with Gasteiger partial charge in [0.25, 0.3) is 0 Å².